The summed E-state index contributed by atoms with van der Waals surface area (Å²) in [6.45, 7) is 0. The van der Waals surface area contributed by atoms with Gasteiger partial charge in [0.2, 0.25) is 5.82 Å². The third-order valence-corrected chi connectivity index (χ3v) is 4.68. The fraction of sp³-hybridized carbons (Fsp3) is 0. The van der Waals surface area contributed by atoms with E-state index in [9.17, 15) is 5.26 Å². The van der Waals surface area contributed by atoms with Crippen LogP contribution in [-0.2, 0) is 0 Å². The molecular weight excluding hydrogens is 348 g/mol. The Balaban J connectivity index is 1.63. The van der Waals surface area contributed by atoms with Crippen molar-refractivity contribution < 1.29 is 0 Å². The summed E-state index contributed by atoms with van der Waals surface area (Å²) in [7, 11) is 0. The predicted octanol–water partition coefficient (Wildman–Crippen LogP) is 3.04. The molecule has 4 rings (SSSR count). The number of thiazole rings is 1. The molecule has 0 aliphatic rings. The van der Waals surface area contributed by atoms with Crippen LogP contribution in [0.1, 0.15) is 5.82 Å². The number of H-pyrrole nitrogens is 1. The quantitative estimate of drug-likeness (QED) is 0.377. The summed E-state index contributed by atoms with van der Waals surface area (Å²) < 4.78 is 1.04. The second-order valence-electron chi connectivity index (χ2n) is 5.38. The molecule has 126 valence electrons. The number of benzene rings is 2. The second kappa shape index (κ2) is 6.62. The number of aromatic amines is 1. The fourth-order valence-electron chi connectivity index (χ4n) is 2.38. The molecular formula is C17H12N8S. The molecule has 0 radical (unpaired) electrons. The molecule has 0 bridgehead atoms. The van der Waals surface area contributed by atoms with Crippen LogP contribution in [0.4, 0.5) is 11.4 Å². The number of tetrazole rings is 1. The van der Waals surface area contributed by atoms with Crippen LogP contribution >= 0.6 is 11.3 Å². The molecule has 0 atom stereocenters. The Morgan fingerprint density at radius 1 is 1.27 bits per heavy atom. The van der Waals surface area contributed by atoms with Crippen LogP contribution in [0.25, 0.3) is 26.4 Å². The van der Waals surface area contributed by atoms with Crippen molar-refractivity contribution in [3.8, 4) is 16.6 Å². The minimum atomic E-state index is 0.236. The van der Waals surface area contributed by atoms with Gasteiger partial charge in [-0.25, -0.2) is 4.98 Å². The molecule has 0 saturated carbocycles. The van der Waals surface area contributed by atoms with Crippen LogP contribution in [0.5, 0.6) is 0 Å². The van der Waals surface area contributed by atoms with Gasteiger partial charge in [-0.3, -0.25) is 0 Å². The summed E-state index contributed by atoms with van der Waals surface area (Å²) in [5, 5.41) is 26.6. The molecule has 0 aliphatic carbocycles. The third-order valence-electron chi connectivity index (χ3n) is 3.61. The Labute approximate surface area is 152 Å². The first-order valence-corrected chi connectivity index (χ1v) is 8.42. The van der Waals surface area contributed by atoms with Crippen molar-refractivity contribution in [3.05, 3.63) is 54.5 Å². The largest absolute Gasteiger partial charge is 0.399 e. The molecule has 0 spiro atoms. The van der Waals surface area contributed by atoms with E-state index in [0.717, 1.165) is 32.2 Å². The van der Waals surface area contributed by atoms with Crippen molar-refractivity contribution in [2.24, 2.45) is 0 Å². The fourth-order valence-corrected chi connectivity index (χ4v) is 3.40. The molecule has 2 heterocycles. The summed E-state index contributed by atoms with van der Waals surface area (Å²) >= 11 is 1.58. The Morgan fingerprint density at radius 2 is 2.19 bits per heavy atom. The minimum Gasteiger partial charge on any atom is -0.399 e. The Hall–Kier alpha value is -3.77. The van der Waals surface area contributed by atoms with Gasteiger partial charge >= 0.3 is 0 Å². The van der Waals surface area contributed by atoms with Crippen molar-refractivity contribution in [3.63, 3.8) is 0 Å². The number of nitrogens with one attached hydrogen (secondary N) is 2. The average Bonchev–Trinajstić information content (AvgIpc) is 3.32. The number of fused-ring (bicyclic) bond motifs is 1. The summed E-state index contributed by atoms with van der Waals surface area (Å²) in [5.41, 5.74) is 9.54. The number of allylic oxidation sites excluding steroid dienone is 1. The molecule has 0 unspecified atom stereocenters. The van der Waals surface area contributed by atoms with Crippen molar-refractivity contribution in [1.82, 2.24) is 25.6 Å². The van der Waals surface area contributed by atoms with Gasteiger partial charge in [0.25, 0.3) is 0 Å². The van der Waals surface area contributed by atoms with E-state index in [0.29, 0.717) is 0 Å². The van der Waals surface area contributed by atoms with E-state index in [4.69, 9.17) is 5.73 Å². The van der Waals surface area contributed by atoms with Gasteiger partial charge in [-0.05, 0) is 35.5 Å². The van der Waals surface area contributed by atoms with E-state index >= 15 is 0 Å². The summed E-state index contributed by atoms with van der Waals surface area (Å²) in [6, 6.07) is 15.5. The van der Waals surface area contributed by atoms with E-state index in [1.54, 1.807) is 17.5 Å². The number of anilines is 2. The molecule has 2 aromatic carbocycles. The average molecular weight is 360 g/mol. The molecule has 4 aromatic rings. The Morgan fingerprint density at radius 3 is 3.00 bits per heavy atom. The summed E-state index contributed by atoms with van der Waals surface area (Å²) in [4.78, 5) is 4.65. The van der Waals surface area contributed by atoms with E-state index in [-0.39, 0.29) is 11.4 Å². The van der Waals surface area contributed by atoms with Crippen LogP contribution in [0.2, 0.25) is 0 Å². The number of aromatic nitrogens is 5. The smallest absolute Gasteiger partial charge is 0.216 e. The zero-order valence-corrected chi connectivity index (χ0v) is 14.2. The molecule has 0 aliphatic heterocycles. The van der Waals surface area contributed by atoms with Gasteiger partial charge in [0.1, 0.15) is 16.6 Å². The number of nitriles is 1. The highest BCUT2D eigenvalue weighted by molar-refractivity contribution is 7.21. The van der Waals surface area contributed by atoms with E-state index in [1.807, 2.05) is 48.5 Å². The first-order chi connectivity index (χ1) is 12.7. The number of rotatable bonds is 4. The normalized spacial score (nSPS) is 11.4. The molecule has 9 heteroatoms. The highest BCUT2D eigenvalue weighted by Crippen LogP contribution is 2.32. The first kappa shape index (κ1) is 15.7. The number of nitrogens with two attached hydrogens (primary N) is 1. The van der Waals surface area contributed by atoms with Crippen molar-refractivity contribution >= 4 is 38.5 Å². The van der Waals surface area contributed by atoms with E-state index in [1.165, 1.54) is 0 Å². The molecule has 0 saturated heterocycles. The highest BCUT2D eigenvalue weighted by Gasteiger charge is 2.08. The van der Waals surface area contributed by atoms with Gasteiger partial charge in [0.15, 0.2) is 0 Å². The van der Waals surface area contributed by atoms with Crippen LogP contribution in [0, 0.1) is 11.3 Å². The molecule has 4 N–H and O–H groups in total. The van der Waals surface area contributed by atoms with Crippen LogP contribution in [0.3, 0.4) is 0 Å². The molecule has 26 heavy (non-hydrogen) atoms. The lowest BCUT2D eigenvalue weighted by Crippen LogP contribution is -1.93. The first-order valence-electron chi connectivity index (χ1n) is 7.60. The van der Waals surface area contributed by atoms with Gasteiger partial charge in [-0.15, -0.1) is 21.5 Å². The number of hydrogen-bond donors (Lipinski definition) is 3. The van der Waals surface area contributed by atoms with Gasteiger partial charge in [-0.2, -0.15) is 10.5 Å². The van der Waals surface area contributed by atoms with Gasteiger partial charge in [0, 0.05) is 23.1 Å². The zero-order valence-electron chi connectivity index (χ0n) is 13.3. The minimum absolute atomic E-state index is 0.236. The Kier molecular flexibility index (Phi) is 4.01. The van der Waals surface area contributed by atoms with Crippen LogP contribution < -0.4 is 11.1 Å². The highest BCUT2D eigenvalue weighted by atomic mass is 32.1. The summed E-state index contributed by atoms with van der Waals surface area (Å²) in [6.07, 6.45) is 1.54. The molecule has 0 fully saturated rings. The van der Waals surface area contributed by atoms with Crippen molar-refractivity contribution in [2.75, 3.05) is 11.1 Å². The van der Waals surface area contributed by atoms with E-state index < -0.39 is 0 Å². The number of nitrogen functional groups attached to an aromatic ring is 1. The molecule has 2 aromatic heterocycles. The Bertz CT molecular complexity index is 1140. The maximum absolute atomic E-state index is 9.21. The van der Waals surface area contributed by atoms with Gasteiger partial charge in [0.05, 0.1) is 10.2 Å². The lowest BCUT2D eigenvalue weighted by molar-refractivity contribution is 0.881. The SMILES string of the molecule is N#CC(=CNc1cccc(-c2nc3ccc(N)cc3s2)c1)c1nn[nH]n1. The van der Waals surface area contributed by atoms with Crippen LogP contribution in [0.15, 0.2) is 48.7 Å². The number of nitrogens with zero attached hydrogens (tertiary/aromatic N) is 5. The van der Waals surface area contributed by atoms with Gasteiger partial charge in [-0.1, -0.05) is 12.1 Å². The maximum atomic E-state index is 9.21. The van der Waals surface area contributed by atoms with Crippen molar-refractivity contribution in [2.45, 2.75) is 0 Å². The van der Waals surface area contributed by atoms with E-state index in [2.05, 4.69) is 30.9 Å². The lowest BCUT2D eigenvalue weighted by Gasteiger charge is -2.03. The van der Waals surface area contributed by atoms with Crippen LogP contribution in [-0.4, -0.2) is 25.6 Å². The molecule has 0 amide bonds. The van der Waals surface area contributed by atoms with Gasteiger partial charge < -0.3 is 11.1 Å². The molecule has 8 nitrogen and oxygen atoms in total. The zero-order chi connectivity index (χ0) is 17.9. The monoisotopic (exact) mass is 360 g/mol. The standard InChI is InChI=1S/C17H12N8S/c18-8-11(16-22-24-25-23-16)9-20-13-3-1-2-10(6-13)17-21-14-5-4-12(19)7-15(14)26-17/h1-7,9,20H,19H2,(H,22,23,24,25). The lowest BCUT2D eigenvalue weighted by atomic mass is 10.2. The number of hydrogen-bond acceptors (Lipinski definition) is 8. The second-order valence-corrected chi connectivity index (χ2v) is 6.41. The van der Waals surface area contributed by atoms with Crippen molar-refractivity contribution in [1.29, 1.82) is 5.26 Å². The topological polar surface area (TPSA) is 129 Å². The maximum Gasteiger partial charge on any atom is 0.216 e. The predicted molar refractivity (Wildman–Crippen MR) is 101 cm³/mol. The third kappa shape index (κ3) is 3.09. The summed E-state index contributed by atoms with van der Waals surface area (Å²) in [5.74, 6) is 0.236.